The van der Waals surface area contributed by atoms with Crippen molar-refractivity contribution in [1.29, 1.82) is 0 Å². The van der Waals surface area contributed by atoms with Gasteiger partial charge in [0.15, 0.2) is 0 Å². The summed E-state index contributed by atoms with van der Waals surface area (Å²) < 4.78 is 24.4. The molecule has 3 aromatic rings. The molecule has 2 heterocycles. The number of nitrogens with one attached hydrogen (secondary N) is 2. The SMILES string of the molecule is O=C(Nc1cc2cc(-c3cnccn3)ccc2cn1)C1CC(NCC(F)F)C1. The lowest BCUT2D eigenvalue weighted by molar-refractivity contribution is -0.123. The van der Waals surface area contributed by atoms with Gasteiger partial charge in [0.1, 0.15) is 5.82 Å². The highest BCUT2D eigenvalue weighted by molar-refractivity contribution is 5.95. The maximum atomic E-state index is 12.4. The molecule has 144 valence electrons. The van der Waals surface area contributed by atoms with Crippen molar-refractivity contribution in [3.63, 3.8) is 0 Å². The molecule has 4 rings (SSSR count). The first kappa shape index (κ1) is 18.4. The Labute approximate surface area is 160 Å². The van der Waals surface area contributed by atoms with Crippen LogP contribution in [0.25, 0.3) is 22.0 Å². The number of fused-ring (bicyclic) bond motifs is 1. The summed E-state index contributed by atoms with van der Waals surface area (Å²) in [6.07, 6.45) is 5.41. The molecule has 0 aliphatic heterocycles. The van der Waals surface area contributed by atoms with Crippen LogP contribution in [0.5, 0.6) is 0 Å². The lowest BCUT2D eigenvalue weighted by Crippen LogP contribution is -2.47. The normalized spacial score (nSPS) is 18.8. The van der Waals surface area contributed by atoms with Gasteiger partial charge in [-0.1, -0.05) is 12.1 Å². The van der Waals surface area contributed by atoms with E-state index in [2.05, 4.69) is 25.6 Å². The Morgan fingerprint density at radius 1 is 1.11 bits per heavy atom. The van der Waals surface area contributed by atoms with Gasteiger partial charge in [-0.15, -0.1) is 0 Å². The van der Waals surface area contributed by atoms with Crippen LogP contribution in [0.2, 0.25) is 0 Å². The maximum Gasteiger partial charge on any atom is 0.250 e. The number of rotatable bonds is 6. The molecule has 0 saturated heterocycles. The molecule has 0 atom stereocenters. The summed E-state index contributed by atoms with van der Waals surface area (Å²) in [5, 5.41) is 7.46. The second-order valence-corrected chi connectivity index (χ2v) is 6.88. The Bertz CT molecular complexity index is 977. The zero-order valence-corrected chi connectivity index (χ0v) is 15.0. The molecule has 1 aromatic carbocycles. The van der Waals surface area contributed by atoms with Crippen LogP contribution in [0.4, 0.5) is 14.6 Å². The maximum absolute atomic E-state index is 12.4. The van der Waals surface area contributed by atoms with E-state index in [1.165, 1.54) is 0 Å². The number of amides is 1. The lowest BCUT2D eigenvalue weighted by Gasteiger charge is -2.34. The van der Waals surface area contributed by atoms with Gasteiger partial charge in [-0.05, 0) is 30.4 Å². The van der Waals surface area contributed by atoms with Crippen molar-refractivity contribution in [2.45, 2.75) is 25.3 Å². The van der Waals surface area contributed by atoms with Gasteiger partial charge in [-0.3, -0.25) is 14.8 Å². The fourth-order valence-corrected chi connectivity index (χ4v) is 3.30. The molecule has 1 fully saturated rings. The lowest BCUT2D eigenvalue weighted by atomic mass is 9.79. The number of hydrogen-bond donors (Lipinski definition) is 2. The summed E-state index contributed by atoms with van der Waals surface area (Å²) in [4.78, 5) is 25.0. The molecule has 2 N–H and O–H groups in total. The first-order valence-corrected chi connectivity index (χ1v) is 9.07. The van der Waals surface area contributed by atoms with E-state index in [-0.39, 0.29) is 24.4 Å². The van der Waals surface area contributed by atoms with Crippen LogP contribution >= 0.6 is 0 Å². The van der Waals surface area contributed by atoms with E-state index in [0.29, 0.717) is 18.7 Å². The smallest absolute Gasteiger partial charge is 0.250 e. The second kappa shape index (κ2) is 7.93. The first-order chi connectivity index (χ1) is 13.6. The molecule has 28 heavy (non-hydrogen) atoms. The summed E-state index contributed by atoms with van der Waals surface area (Å²) in [6.45, 7) is -0.334. The average molecular weight is 383 g/mol. The third-order valence-corrected chi connectivity index (χ3v) is 4.90. The number of carbonyl (C=O) groups excluding carboxylic acids is 1. The van der Waals surface area contributed by atoms with Crippen molar-refractivity contribution in [3.05, 3.63) is 49.1 Å². The third-order valence-electron chi connectivity index (χ3n) is 4.90. The molecule has 1 amide bonds. The molecule has 8 heteroatoms. The van der Waals surface area contributed by atoms with Crippen LogP contribution in [-0.2, 0) is 4.79 Å². The molecule has 0 unspecified atom stereocenters. The monoisotopic (exact) mass is 383 g/mol. The Kier molecular flexibility index (Phi) is 5.21. The Morgan fingerprint density at radius 2 is 1.96 bits per heavy atom. The van der Waals surface area contributed by atoms with Gasteiger partial charge in [0, 0.05) is 41.5 Å². The highest BCUT2D eigenvalue weighted by Crippen LogP contribution is 2.29. The van der Waals surface area contributed by atoms with E-state index < -0.39 is 6.43 Å². The van der Waals surface area contributed by atoms with E-state index in [4.69, 9.17) is 0 Å². The minimum atomic E-state index is -2.37. The highest BCUT2D eigenvalue weighted by atomic mass is 19.3. The van der Waals surface area contributed by atoms with Gasteiger partial charge in [-0.2, -0.15) is 0 Å². The number of pyridine rings is 1. The number of carbonyl (C=O) groups is 1. The molecule has 2 aromatic heterocycles. The molecule has 1 saturated carbocycles. The van der Waals surface area contributed by atoms with Crippen molar-refractivity contribution >= 4 is 22.5 Å². The summed E-state index contributed by atoms with van der Waals surface area (Å²) in [5.41, 5.74) is 1.69. The van der Waals surface area contributed by atoms with Crippen molar-refractivity contribution in [3.8, 4) is 11.3 Å². The van der Waals surface area contributed by atoms with Crippen LogP contribution in [-0.4, -0.2) is 39.9 Å². The van der Waals surface area contributed by atoms with E-state index in [9.17, 15) is 13.6 Å². The largest absolute Gasteiger partial charge is 0.310 e. The van der Waals surface area contributed by atoms with Crippen molar-refractivity contribution in [2.75, 3.05) is 11.9 Å². The van der Waals surface area contributed by atoms with E-state index >= 15 is 0 Å². The Balaban J connectivity index is 1.42. The topological polar surface area (TPSA) is 79.8 Å². The van der Waals surface area contributed by atoms with Gasteiger partial charge in [0.25, 0.3) is 6.43 Å². The molecular formula is C20H19F2N5O. The Morgan fingerprint density at radius 3 is 2.71 bits per heavy atom. The third kappa shape index (κ3) is 4.12. The van der Waals surface area contributed by atoms with Gasteiger partial charge < -0.3 is 10.6 Å². The quantitative estimate of drug-likeness (QED) is 0.683. The molecule has 0 spiro atoms. The average Bonchev–Trinajstić information content (AvgIpc) is 2.66. The molecule has 1 aliphatic carbocycles. The number of halogens is 2. The van der Waals surface area contributed by atoms with Crippen LogP contribution in [0, 0.1) is 5.92 Å². The second-order valence-electron chi connectivity index (χ2n) is 6.88. The predicted octanol–water partition coefficient (Wildman–Crippen LogP) is 3.26. The minimum Gasteiger partial charge on any atom is -0.310 e. The molecular weight excluding hydrogens is 364 g/mol. The number of benzene rings is 1. The number of nitrogens with zero attached hydrogens (tertiary/aromatic N) is 3. The van der Waals surface area contributed by atoms with Gasteiger partial charge in [0.2, 0.25) is 5.91 Å². The summed E-state index contributed by atoms with van der Waals surface area (Å²) in [7, 11) is 0. The fraction of sp³-hybridized carbons (Fsp3) is 0.300. The molecule has 6 nitrogen and oxygen atoms in total. The zero-order valence-electron chi connectivity index (χ0n) is 15.0. The van der Waals surface area contributed by atoms with Gasteiger partial charge in [0.05, 0.1) is 18.4 Å². The van der Waals surface area contributed by atoms with Crippen LogP contribution in [0.15, 0.2) is 49.1 Å². The first-order valence-electron chi connectivity index (χ1n) is 9.07. The minimum absolute atomic E-state index is 0.0242. The van der Waals surface area contributed by atoms with E-state index in [1.54, 1.807) is 24.8 Å². The fourth-order valence-electron chi connectivity index (χ4n) is 3.30. The van der Waals surface area contributed by atoms with Crippen molar-refractivity contribution in [2.24, 2.45) is 5.92 Å². The zero-order chi connectivity index (χ0) is 19.5. The standard InChI is InChI=1S/C20H19F2N5O/c21-18(22)11-25-16-6-15(7-16)20(28)27-19-8-14-5-12(1-2-13(14)9-26-19)17-10-23-3-4-24-17/h1-5,8-10,15-16,18,25H,6-7,11H2,(H,26,27,28). The summed E-state index contributed by atoms with van der Waals surface area (Å²) in [6, 6.07) is 7.67. The van der Waals surface area contributed by atoms with Crippen molar-refractivity contribution in [1.82, 2.24) is 20.3 Å². The number of aromatic nitrogens is 3. The van der Waals surface area contributed by atoms with E-state index in [1.807, 2.05) is 24.3 Å². The number of anilines is 1. The van der Waals surface area contributed by atoms with Gasteiger partial charge in [-0.25, -0.2) is 13.8 Å². The number of alkyl halides is 2. The summed E-state index contributed by atoms with van der Waals surface area (Å²) >= 11 is 0. The van der Waals surface area contributed by atoms with Crippen LogP contribution in [0.1, 0.15) is 12.8 Å². The molecule has 0 radical (unpaired) electrons. The highest BCUT2D eigenvalue weighted by Gasteiger charge is 2.34. The van der Waals surface area contributed by atoms with Crippen molar-refractivity contribution < 1.29 is 13.6 Å². The molecule has 1 aliphatic rings. The van der Waals surface area contributed by atoms with E-state index in [0.717, 1.165) is 22.0 Å². The van der Waals surface area contributed by atoms with Crippen LogP contribution in [0.3, 0.4) is 0 Å². The predicted molar refractivity (Wildman–Crippen MR) is 102 cm³/mol. The summed E-state index contributed by atoms with van der Waals surface area (Å²) in [5.74, 6) is 0.156. The number of hydrogen-bond acceptors (Lipinski definition) is 5. The van der Waals surface area contributed by atoms with Gasteiger partial charge >= 0.3 is 0 Å². The van der Waals surface area contributed by atoms with Crippen LogP contribution < -0.4 is 10.6 Å². The molecule has 0 bridgehead atoms. The Hall–Kier alpha value is -3.00.